The van der Waals surface area contributed by atoms with E-state index in [0.717, 1.165) is 66.0 Å². The lowest BCUT2D eigenvalue weighted by Crippen LogP contribution is -1.98. The third-order valence-corrected chi connectivity index (χ3v) is 8.83. The van der Waals surface area contributed by atoms with Gasteiger partial charge >= 0.3 is 0 Å². The van der Waals surface area contributed by atoms with Gasteiger partial charge in [0.15, 0.2) is 0 Å². The molecule has 0 aliphatic heterocycles. The SMILES string of the molecule is Cc1cc(C)cc(-c2c(Cl)c(Cl)c(-c3ccc(Oc4ccccc4)cc3)c(-c3cccc(C)c3)c2-c2ccc(Br)cc2)c1. The fourth-order valence-electron chi connectivity index (χ4n) is 5.66. The van der Waals surface area contributed by atoms with Gasteiger partial charge in [0.05, 0.1) is 10.0 Å². The summed E-state index contributed by atoms with van der Waals surface area (Å²) in [5, 5.41) is 1.05. The molecule has 0 aliphatic carbocycles. The Hall–Kier alpha value is -3.82. The van der Waals surface area contributed by atoms with Gasteiger partial charge in [0, 0.05) is 15.6 Å². The summed E-state index contributed by atoms with van der Waals surface area (Å²) in [5.41, 5.74) is 11.5. The molecule has 6 aromatic rings. The van der Waals surface area contributed by atoms with Gasteiger partial charge in [-0.1, -0.05) is 141 Å². The number of aryl methyl sites for hydroxylation is 3. The molecule has 0 amide bonds. The van der Waals surface area contributed by atoms with E-state index >= 15 is 0 Å². The first-order valence-electron chi connectivity index (χ1n) is 14.1. The van der Waals surface area contributed by atoms with E-state index in [4.69, 9.17) is 27.9 Å². The minimum atomic E-state index is 0.518. The number of ether oxygens (including phenoxy) is 1. The van der Waals surface area contributed by atoms with Gasteiger partial charge in [-0.15, -0.1) is 0 Å². The fraction of sp³-hybridized carbons (Fsp3) is 0.0769. The summed E-state index contributed by atoms with van der Waals surface area (Å²) in [5.74, 6) is 1.53. The topological polar surface area (TPSA) is 9.23 Å². The molecule has 6 aromatic carbocycles. The van der Waals surface area contributed by atoms with E-state index in [1.165, 1.54) is 11.1 Å². The van der Waals surface area contributed by atoms with Crippen LogP contribution in [-0.2, 0) is 0 Å². The second kappa shape index (κ2) is 12.4. The Morgan fingerprint density at radius 2 is 0.953 bits per heavy atom. The Labute approximate surface area is 271 Å². The molecule has 4 heteroatoms. The van der Waals surface area contributed by atoms with E-state index in [-0.39, 0.29) is 0 Å². The van der Waals surface area contributed by atoms with E-state index in [2.05, 4.69) is 116 Å². The van der Waals surface area contributed by atoms with Crippen LogP contribution < -0.4 is 4.74 Å². The summed E-state index contributed by atoms with van der Waals surface area (Å²) in [6, 6.07) is 41.3. The van der Waals surface area contributed by atoms with Crippen LogP contribution in [0.5, 0.6) is 11.5 Å². The summed E-state index contributed by atoms with van der Waals surface area (Å²) in [7, 11) is 0. The predicted octanol–water partition coefficient (Wildman–Crippen LogP) is 13.1. The van der Waals surface area contributed by atoms with Crippen LogP contribution in [0.15, 0.2) is 126 Å². The third kappa shape index (κ3) is 6.15. The quantitative estimate of drug-likeness (QED) is 0.172. The van der Waals surface area contributed by atoms with Crippen molar-refractivity contribution in [2.45, 2.75) is 20.8 Å². The zero-order valence-corrected chi connectivity index (χ0v) is 27.2. The smallest absolute Gasteiger partial charge is 0.127 e. The summed E-state index contributed by atoms with van der Waals surface area (Å²) < 4.78 is 7.10. The molecule has 1 nitrogen and oxygen atoms in total. The number of hydrogen-bond acceptors (Lipinski definition) is 1. The van der Waals surface area contributed by atoms with E-state index < -0.39 is 0 Å². The van der Waals surface area contributed by atoms with Crippen molar-refractivity contribution in [3.05, 3.63) is 153 Å². The molecule has 0 spiro atoms. The van der Waals surface area contributed by atoms with Gasteiger partial charge in [0.2, 0.25) is 0 Å². The maximum absolute atomic E-state index is 7.34. The number of halogens is 3. The zero-order chi connectivity index (χ0) is 30.1. The summed E-state index contributed by atoms with van der Waals surface area (Å²) in [4.78, 5) is 0. The lowest BCUT2D eigenvalue weighted by atomic mass is 9.82. The van der Waals surface area contributed by atoms with Gasteiger partial charge in [-0.3, -0.25) is 0 Å². The zero-order valence-electron chi connectivity index (χ0n) is 24.1. The number of rotatable bonds is 6. The minimum Gasteiger partial charge on any atom is -0.457 e. The molecule has 0 heterocycles. The Morgan fingerprint density at radius 1 is 0.442 bits per heavy atom. The molecule has 0 aromatic heterocycles. The lowest BCUT2D eigenvalue weighted by molar-refractivity contribution is 0.483. The predicted molar refractivity (Wildman–Crippen MR) is 187 cm³/mol. The number of hydrogen-bond donors (Lipinski definition) is 0. The van der Waals surface area contributed by atoms with Crippen molar-refractivity contribution in [2.24, 2.45) is 0 Å². The highest BCUT2D eigenvalue weighted by molar-refractivity contribution is 9.10. The normalized spacial score (nSPS) is 11.0. The van der Waals surface area contributed by atoms with Crippen molar-refractivity contribution in [2.75, 3.05) is 0 Å². The van der Waals surface area contributed by atoms with Crippen LogP contribution in [0, 0.1) is 20.8 Å². The maximum atomic E-state index is 7.34. The second-order valence-electron chi connectivity index (χ2n) is 10.8. The first kappa shape index (κ1) is 29.3. The first-order valence-corrected chi connectivity index (χ1v) is 15.6. The van der Waals surface area contributed by atoms with Crippen molar-refractivity contribution in [1.29, 1.82) is 0 Å². The molecule has 0 N–H and O–H groups in total. The third-order valence-electron chi connectivity index (χ3n) is 7.45. The van der Waals surface area contributed by atoms with Crippen molar-refractivity contribution < 1.29 is 4.74 Å². The molecular weight excluding hydrogens is 635 g/mol. The molecule has 0 bridgehead atoms. The summed E-state index contributed by atoms with van der Waals surface area (Å²) >= 11 is 18.3. The Bertz CT molecular complexity index is 1910. The van der Waals surface area contributed by atoms with Crippen LogP contribution in [-0.4, -0.2) is 0 Å². The molecule has 0 saturated heterocycles. The van der Waals surface area contributed by atoms with Gasteiger partial charge in [0.1, 0.15) is 11.5 Å². The van der Waals surface area contributed by atoms with Gasteiger partial charge in [0.25, 0.3) is 0 Å². The van der Waals surface area contributed by atoms with Crippen molar-refractivity contribution in [3.8, 4) is 56.0 Å². The maximum Gasteiger partial charge on any atom is 0.127 e. The standard InChI is InChI=1S/C39H29BrCl2O/c1-24-8-7-9-29(21-24)35-34(27-12-16-31(40)17-13-27)37(30-22-25(2)20-26(3)23-30)39(42)38(41)36(35)28-14-18-33(19-15-28)43-32-10-5-4-6-11-32/h4-23H,1-3H3. The molecule has 0 saturated carbocycles. The molecule has 212 valence electrons. The second-order valence-corrected chi connectivity index (χ2v) is 12.5. The molecule has 0 aliphatic rings. The summed E-state index contributed by atoms with van der Waals surface area (Å²) in [6.07, 6.45) is 0. The number of para-hydroxylation sites is 1. The van der Waals surface area contributed by atoms with Gasteiger partial charge < -0.3 is 4.74 Å². The summed E-state index contributed by atoms with van der Waals surface area (Å²) in [6.45, 7) is 6.33. The van der Waals surface area contributed by atoms with E-state index in [1.54, 1.807) is 0 Å². The van der Waals surface area contributed by atoms with Crippen LogP contribution in [0.1, 0.15) is 16.7 Å². The molecule has 6 rings (SSSR count). The highest BCUT2D eigenvalue weighted by Crippen LogP contribution is 2.53. The van der Waals surface area contributed by atoms with Crippen LogP contribution >= 0.6 is 39.1 Å². The van der Waals surface area contributed by atoms with E-state index in [0.29, 0.717) is 10.0 Å². The van der Waals surface area contributed by atoms with Gasteiger partial charge in [-0.2, -0.15) is 0 Å². The van der Waals surface area contributed by atoms with Crippen LogP contribution in [0.25, 0.3) is 44.5 Å². The average Bonchev–Trinajstić information content (AvgIpc) is 2.99. The molecule has 0 fully saturated rings. The van der Waals surface area contributed by atoms with Crippen molar-refractivity contribution >= 4 is 39.1 Å². The molecular formula is C39H29BrCl2O. The van der Waals surface area contributed by atoms with Crippen LogP contribution in [0.4, 0.5) is 0 Å². The molecule has 0 unspecified atom stereocenters. The van der Waals surface area contributed by atoms with E-state index in [9.17, 15) is 0 Å². The molecule has 0 radical (unpaired) electrons. The Morgan fingerprint density at radius 3 is 1.58 bits per heavy atom. The molecule has 0 atom stereocenters. The van der Waals surface area contributed by atoms with Gasteiger partial charge in [-0.05, 0) is 90.6 Å². The first-order chi connectivity index (χ1) is 20.8. The highest BCUT2D eigenvalue weighted by atomic mass is 79.9. The fourth-order valence-corrected chi connectivity index (χ4v) is 6.52. The van der Waals surface area contributed by atoms with E-state index in [1.807, 2.05) is 42.5 Å². The largest absolute Gasteiger partial charge is 0.457 e. The lowest BCUT2D eigenvalue weighted by Gasteiger charge is -2.24. The van der Waals surface area contributed by atoms with Crippen molar-refractivity contribution in [3.63, 3.8) is 0 Å². The monoisotopic (exact) mass is 662 g/mol. The Kier molecular flexibility index (Phi) is 8.45. The Balaban J connectivity index is 1.68. The van der Waals surface area contributed by atoms with Crippen LogP contribution in [0.3, 0.4) is 0 Å². The van der Waals surface area contributed by atoms with Gasteiger partial charge in [-0.25, -0.2) is 0 Å². The van der Waals surface area contributed by atoms with Crippen LogP contribution in [0.2, 0.25) is 10.0 Å². The average molecular weight is 664 g/mol. The highest BCUT2D eigenvalue weighted by Gasteiger charge is 2.26. The number of benzene rings is 6. The molecule has 43 heavy (non-hydrogen) atoms. The minimum absolute atomic E-state index is 0.518. The van der Waals surface area contributed by atoms with Crippen molar-refractivity contribution in [1.82, 2.24) is 0 Å².